The summed E-state index contributed by atoms with van der Waals surface area (Å²) >= 11 is 0. The number of rotatable bonds is 4. The van der Waals surface area contributed by atoms with Gasteiger partial charge in [0.1, 0.15) is 11.3 Å². The van der Waals surface area contributed by atoms with Gasteiger partial charge in [-0.1, -0.05) is 6.07 Å². The Bertz CT molecular complexity index is 866. The Labute approximate surface area is 140 Å². The first-order chi connectivity index (χ1) is 11.6. The molecule has 1 aliphatic rings. The van der Waals surface area contributed by atoms with Gasteiger partial charge in [-0.25, -0.2) is 9.37 Å². The highest BCUT2D eigenvalue weighted by molar-refractivity contribution is 5.75. The zero-order valence-corrected chi connectivity index (χ0v) is 14.1. The molecule has 3 heterocycles. The number of benzene rings is 1. The molecule has 0 aliphatic carbocycles. The smallest absolute Gasteiger partial charge is 0.151 e. The molecule has 24 heavy (non-hydrogen) atoms. The number of likely N-dealkylation sites (tertiary alicyclic amines) is 1. The summed E-state index contributed by atoms with van der Waals surface area (Å²) in [6, 6.07) is 7.59. The molecule has 0 amide bonds. The number of hydrogen-bond donors (Lipinski definition) is 1. The number of aromatic amines is 1. The molecule has 1 aromatic carbocycles. The van der Waals surface area contributed by atoms with E-state index in [1.54, 1.807) is 6.07 Å². The molecule has 126 valence electrons. The number of aromatic nitrogens is 4. The van der Waals surface area contributed by atoms with E-state index in [2.05, 4.69) is 37.6 Å². The van der Waals surface area contributed by atoms with Crippen LogP contribution in [0.15, 0.2) is 24.3 Å². The second kappa shape index (κ2) is 6.02. The quantitative estimate of drug-likeness (QED) is 0.801. The third-order valence-electron chi connectivity index (χ3n) is 4.85. The van der Waals surface area contributed by atoms with E-state index in [1.165, 1.54) is 18.2 Å². The Morgan fingerprint density at radius 1 is 1.33 bits per heavy atom. The van der Waals surface area contributed by atoms with Crippen LogP contribution in [0.2, 0.25) is 0 Å². The SMILES string of the molecule is Cc1cc(C)n(C[C@H]2CCCN2Cc2nc3c(F)cccc3[nH]2)n1. The maximum absolute atomic E-state index is 13.8. The minimum Gasteiger partial charge on any atom is -0.341 e. The Morgan fingerprint density at radius 3 is 2.96 bits per heavy atom. The van der Waals surface area contributed by atoms with Crippen molar-refractivity contribution in [1.29, 1.82) is 0 Å². The molecule has 1 N–H and O–H groups in total. The number of imidazole rings is 1. The summed E-state index contributed by atoms with van der Waals surface area (Å²) in [5.74, 6) is 0.561. The summed E-state index contributed by atoms with van der Waals surface area (Å²) in [6.45, 7) is 6.79. The van der Waals surface area contributed by atoms with E-state index in [9.17, 15) is 4.39 Å². The highest BCUT2D eigenvalue weighted by Gasteiger charge is 2.26. The largest absolute Gasteiger partial charge is 0.341 e. The third-order valence-corrected chi connectivity index (χ3v) is 4.85. The van der Waals surface area contributed by atoms with Crippen molar-refractivity contribution in [2.45, 2.75) is 45.8 Å². The summed E-state index contributed by atoms with van der Waals surface area (Å²) in [7, 11) is 0. The van der Waals surface area contributed by atoms with Gasteiger partial charge in [0, 0.05) is 11.7 Å². The topological polar surface area (TPSA) is 49.7 Å². The van der Waals surface area contributed by atoms with Crippen LogP contribution in [0.1, 0.15) is 30.1 Å². The van der Waals surface area contributed by atoms with Gasteiger partial charge in [-0.05, 0) is 51.4 Å². The lowest BCUT2D eigenvalue weighted by atomic mass is 10.2. The maximum atomic E-state index is 13.8. The van der Waals surface area contributed by atoms with Crippen molar-refractivity contribution in [3.8, 4) is 0 Å². The third kappa shape index (κ3) is 2.82. The van der Waals surface area contributed by atoms with Crippen LogP contribution in [-0.4, -0.2) is 37.2 Å². The zero-order chi connectivity index (χ0) is 16.7. The van der Waals surface area contributed by atoms with Crippen LogP contribution in [0, 0.1) is 19.7 Å². The van der Waals surface area contributed by atoms with Crippen molar-refractivity contribution >= 4 is 11.0 Å². The molecule has 1 fully saturated rings. The zero-order valence-electron chi connectivity index (χ0n) is 14.1. The van der Waals surface area contributed by atoms with E-state index in [1.807, 2.05) is 13.0 Å². The molecular formula is C18H22FN5. The highest BCUT2D eigenvalue weighted by atomic mass is 19.1. The van der Waals surface area contributed by atoms with Crippen molar-refractivity contribution in [3.05, 3.63) is 47.3 Å². The Morgan fingerprint density at radius 2 is 2.21 bits per heavy atom. The molecule has 3 aromatic rings. The first-order valence-electron chi connectivity index (χ1n) is 8.48. The van der Waals surface area contributed by atoms with E-state index in [0.29, 0.717) is 11.6 Å². The molecular weight excluding hydrogens is 305 g/mol. The molecule has 0 unspecified atom stereocenters. The van der Waals surface area contributed by atoms with Crippen LogP contribution in [0.25, 0.3) is 11.0 Å². The fraction of sp³-hybridized carbons (Fsp3) is 0.444. The van der Waals surface area contributed by atoms with Crippen LogP contribution >= 0.6 is 0 Å². The summed E-state index contributed by atoms with van der Waals surface area (Å²) in [6.07, 6.45) is 2.34. The number of nitrogens with zero attached hydrogens (tertiary/aromatic N) is 4. The van der Waals surface area contributed by atoms with Gasteiger partial charge in [0.25, 0.3) is 0 Å². The van der Waals surface area contributed by atoms with E-state index in [-0.39, 0.29) is 5.82 Å². The predicted molar refractivity (Wildman–Crippen MR) is 91.2 cm³/mol. The first kappa shape index (κ1) is 15.3. The summed E-state index contributed by atoms with van der Waals surface area (Å²) in [5.41, 5.74) is 3.45. The molecule has 1 aliphatic heterocycles. The maximum Gasteiger partial charge on any atom is 0.151 e. The van der Waals surface area contributed by atoms with Gasteiger partial charge in [0.15, 0.2) is 5.82 Å². The summed E-state index contributed by atoms with van der Waals surface area (Å²) in [4.78, 5) is 10.1. The van der Waals surface area contributed by atoms with Crippen molar-refractivity contribution in [2.24, 2.45) is 0 Å². The number of H-pyrrole nitrogens is 1. The lowest BCUT2D eigenvalue weighted by molar-refractivity contribution is 0.214. The molecule has 2 aromatic heterocycles. The lowest BCUT2D eigenvalue weighted by Crippen LogP contribution is -2.33. The van der Waals surface area contributed by atoms with Crippen molar-refractivity contribution < 1.29 is 4.39 Å². The van der Waals surface area contributed by atoms with E-state index in [0.717, 1.165) is 43.1 Å². The van der Waals surface area contributed by atoms with E-state index in [4.69, 9.17) is 0 Å². The van der Waals surface area contributed by atoms with E-state index >= 15 is 0 Å². The van der Waals surface area contributed by atoms with Crippen LogP contribution < -0.4 is 0 Å². The number of aryl methyl sites for hydroxylation is 2. The van der Waals surface area contributed by atoms with Crippen LogP contribution in [-0.2, 0) is 13.1 Å². The van der Waals surface area contributed by atoms with Crippen LogP contribution in [0.4, 0.5) is 4.39 Å². The minimum absolute atomic E-state index is 0.268. The molecule has 6 heteroatoms. The van der Waals surface area contributed by atoms with Crippen molar-refractivity contribution in [2.75, 3.05) is 6.54 Å². The molecule has 5 nitrogen and oxygen atoms in total. The summed E-state index contributed by atoms with van der Waals surface area (Å²) < 4.78 is 15.9. The Hall–Kier alpha value is -2.21. The fourth-order valence-electron chi connectivity index (χ4n) is 3.68. The number of hydrogen-bond acceptors (Lipinski definition) is 3. The normalized spacial score (nSPS) is 18.7. The average Bonchev–Trinajstić information content (AvgIpc) is 3.21. The van der Waals surface area contributed by atoms with Gasteiger partial charge >= 0.3 is 0 Å². The Kier molecular flexibility index (Phi) is 3.84. The molecule has 1 atom stereocenters. The summed E-state index contributed by atoms with van der Waals surface area (Å²) in [5, 5.41) is 4.58. The number of fused-ring (bicyclic) bond motifs is 1. The number of para-hydroxylation sites is 1. The fourth-order valence-corrected chi connectivity index (χ4v) is 3.68. The Balaban J connectivity index is 1.52. The molecule has 0 bridgehead atoms. The van der Waals surface area contributed by atoms with E-state index < -0.39 is 0 Å². The number of halogens is 1. The standard InChI is InChI=1S/C18H22FN5/c1-12-9-13(2)24(22-12)10-14-5-4-8-23(14)11-17-20-16-7-3-6-15(19)18(16)21-17/h3,6-7,9,14H,4-5,8,10-11H2,1-2H3,(H,20,21)/t14-/m1/s1. The lowest BCUT2D eigenvalue weighted by Gasteiger charge is -2.23. The monoisotopic (exact) mass is 327 g/mol. The van der Waals surface area contributed by atoms with Gasteiger partial charge < -0.3 is 4.98 Å². The molecule has 0 saturated carbocycles. The van der Waals surface area contributed by atoms with Gasteiger partial charge in [-0.3, -0.25) is 9.58 Å². The molecule has 1 saturated heterocycles. The molecule has 4 rings (SSSR count). The minimum atomic E-state index is -0.268. The van der Waals surface area contributed by atoms with Gasteiger partial charge in [0.05, 0.1) is 24.3 Å². The van der Waals surface area contributed by atoms with Crippen molar-refractivity contribution in [3.63, 3.8) is 0 Å². The second-order valence-corrected chi connectivity index (χ2v) is 6.70. The highest BCUT2D eigenvalue weighted by Crippen LogP contribution is 2.23. The van der Waals surface area contributed by atoms with Crippen LogP contribution in [0.5, 0.6) is 0 Å². The van der Waals surface area contributed by atoms with Gasteiger partial charge in [0.2, 0.25) is 0 Å². The predicted octanol–water partition coefficient (Wildman–Crippen LogP) is 3.18. The molecule has 0 radical (unpaired) electrons. The van der Waals surface area contributed by atoms with Gasteiger partial charge in [-0.15, -0.1) is 0 Å². The van der Waals surface area contributed by atoms with Gasteiger partial charge in [-0.2, -0.15) is 5.10 Å². The average molecular weight is 327 g/mol. The van der Waals surface area contributed by atoms with Crippen molar-refractivity contribution in [1.82, 2.24) is 24.6 Å². The molecule has 0 spiro atoms. The first-order valence-corrected chi connectivity index (χ1v) is 8.48. The van der Waals surface area contributed by atoms with Crippen LogP contribution in [0.3, 0.4) is 0 Å². The number of nitrogens with one attached hydrogen (secondary N) is 1. The second-order valence-electron chi connectivity index (χ2n) is 6.70.